The van der Waals surface area contributed by atoms with Crippen LogP contribution in [0.4, 0.5) is 0 Å². The first-order valence-electron chi connectivity index (χ1n) is 7.15. The molecule has 0 bridgehead atoms. The number of esters is 1. The van der Waals surface area contributed by atoms with Crippen LogP contribution in [-0.2, 0) is 25.7 Å². The van der Waals surface area contributed by atoms with Gasteiger partial charge < -0.3 is 14.6 Å². The first-order valence-corrected chi connectivity index (χ1v) is 8.13. The van der Waals surface area contributed by atoms with Gasteiger partial charge in [-0.05, 0) is 25.2 Å². The summed E-state index contributed by atoms with van der Waals surface area (Å²) in [4.78, 5) is 24.1. The van der Waals surface area contributed by atoms with Gasteiger partial charge in [0.2, 0.25) is 5.12 Å². The quantitative estimate of drug-likeness (QED) is 0.738. The van der Waals surface area contributed by atoms with Crippen molar-refractivity contribution in [2.24, 2.45) is 0 Å². The molecule has 0 heterocycles. The Labute approximate surface area is 135 Å². The summed E-state index contributed by atoms with van der Waals surface area (Å²) in [7, 11) is 0. The van der Waals surface area contributed by atoms with Crippen molar-refractivity contribution in [3.05, 3.63) is 35.9 Å². The third-order valence-corrected chi connectivity index (χ3v) is 3.75. The predicted molar refractivity (Wildman–Crippen MR) is 85.4 cm³/mol. The number of hydrogen-bond donors (Lipinski definition) is 1. The van der Waals surface area contributed by atoms with Crippen LogP contribution in [0, 0.1) is 0 Å². The van der Waals surface area contributed by atoms with Crippen LogP contribution in [0.5, 0.6) is 0 Å². The maximum Gasteiger partial charge on any atom is 0.341 e. The van der Waals surface area contributed by atoms with Crippen molar-refractivity contribution in [3.63, 3.8) is 0 Å². The summed E-state index contributed by atoms with van der Waals surface area (Å²) in [6, 6.07) is 9.24. The number of carbonyl (C=O) groups excluding carboxylic acids is 2. The third kappa shape index (κ3) is 5.12. The molecule has 0 aromatic heterocycles. The highest BCUT2D eigenvalue weighted by Gasteiger charge is 2.46. The highest BCUT2D eigenvalue weighted by molar-refractivity contribution is 8.13. The maximum atomic E-state index is 12.2. The average Bonchev–Trinajstić information content (AvgIpc) is 2.48. The van der Waals surface area contributed by atoms with Crippen LogP contribution in [0.15, 0.2) is 30.3 Å². The van der Waals surface area contributed by atoms with Crippen molar-refractivity contribution in [1.29, 1.82) is 0 Å². The Hall–Kier alpha value is -1.37. The monoisotopic (exact) mass is 326 g/mol. The van der Waals surface area contributed by atoms with E-state index in [0.717, 1.165) is 17.3 Å². The molecule has 22 heavy (non-hydrogen) atoms. The van der Waals surface area contributed by atoms with Gasteiger partial charge in [-0.2, -0.15) is 0 Å². The summed E-state index contributed by atoms with van der Waals surface area (Å²) in [6.07, 6.45) is -1.28. The summed E-state index contributed by atoms with van der Waals surface area (Å²) in [5.74, 6) is -0.332. The lowest BCUT2D eigenvalue weighted by molar-refractivity contribution is -0.182. The number of rotatable bonds is 8. The minimum atomic E-state index is -2.02. The number of aliphatic hydroxyl groups is 1. The van der Waals surface area contributed by atoms with Gasteiger partial charge in [0.05, 0.1) is 13.2 Å². The first-order chi connectivity index (χ1) is 10.4. The number of benzene rings is 1. The van der Waals surface area contributed by atoms with E-state index in [1.165, 1.54) is 6.92 Å². The fourth-order valence-electron chi connectivity index (χ4n) is 1.82. The van der Waals surface area contributed by atoms with Gasteiger partial charge in [0.15, 0.2) is 11.7 Å². The Morgan fingerprint density at radius 3 is 2.45 bits per heavy atom. The number of thioether (sulfide) groups is 1. The minimum Gasteiger partial charge on any atom is -0.464 e. The molecule has 0 aliphatic heterocycles. The summed E-state index contributed by atoms with van der Waals surface area (Å²) < 4.78 is 10.4. The number of carbonyl (C=O) groups is 2. The highest BCUT2D eigenvalue weighted by atomic mass is 32.2. The van der Waals surface area contributed by atoms with Crippen molar-refractivity contribution < 1.29 is 24.2 Å². The molecule has 0 aliphatic carbocycles. The smallest absolute Gasteiger partial charge is 0.341 e. The van der Waals surface area contributed by atoms with E-state index in [-0.39, 0.29) is 13.2 Å². The van der Waals surface area contributed by atoms with Crippen LogP contribution < -0.4 is 0 Å². The zero-order valence-corrected chi connectivity index (χ0v) is 13.9. The Kier molecular flexibility index (Phi) is 7.58. The molecule has 0 saturated carbocycles. The van der Waals surface area contributed by atoms with E-state index in [9.17, 15) is 14.7 Å². The van der Waals surface area contributed by atoms with E-state index in [4.69, 9.17) is 9.47 Å². The van der Waals surface area contributed by atoms with E-state index in [2.05, 4.69) is 0 Å². The van der Waals surface area contributed by atoms with E-state index in [1.807, 2.05) is 37.3 Å². The Morgan fingerprint density at radius 2 is 1.91 bits per heavy atom. The van der Waals surface area contributed by atoms with Crippen LogP contribution in [0.1, 0.15) is 26.3 Å². The Bertz CT molecular complexity index is 487. The van der Waals surface area contributed by atoms with Crippen molar-refractivity contribution in [1.82, 2.24) is 0 Å². The van der Waals surface area contributed by atoms with Gasteiger partial charge in [-0.1, -0.05) is 49.0 Å². The second-order valence-electron chi connectivity index (χ2n) is 4.80. The molecule has 0 spiro atoms. The van der Waals surface area contributed by atoms with Gasteiger partial charge in [0.1, 0.15) is 0 Å². The lowest BCUT2D eigenvalue weighted by Crippen LogP contribution is -2.52. The SMILES string of the molecule is CCOC(=O)[C@@](C)(O)[C@@H](OCc1ccccc1)C(=O)SCC. The van der Waals surface area contributed by atoms with E-state index >= 15 is 0 Å². The molecule has 1 aromatic carbocycles. The second-order valence-corrected chi connectivity index (χ2v) is 6.07. The third-order valence-electron chi connectivity index (χ3n) is 2.96. The van der Waals surface area contributed by atoms with Crippen LogP contribution in [0.2, 0.25) is 0 Å². The molecule has 5 nitrogen and oxygen atoms in total. The van der Waals surface area contributed by atoms with Crippen LogP contribution in [0.25, 0.3) is 0 Å². The van der Waals surface area contributed by atoms with Gasteiger partial charge >= 0.3 is 5.97 Å². The number of ether oxygens (including phenoxy) is 2. The summed E-state index contributed by atoms with van der Waals surface area (Å²) in [6.45, 7) is 4.94. The van der Waals surface area contributed by atoms with Crippen molar-refractivity contribution >= 4 is 22.8 Å². The normalized spacial score (nSPS) is 14.9. The van der Waals surface area contributed by atoms with Gasteiger partial charge in [0, 0.05) is 0 Å². The molecule has 2 atom stereocenters. The van der Waals surface area contributed by atoms with Gasteiger partial charge in [-0.3, -0.25) is 4.79 Å². The fraction of sp³-hybridized carbons (Fsp3) is 0.500. The molecule has 0 radical (unpaired) electrons. The van der Waals surface area contributed by atoms with Gasteiger partial charge in [0.25, 0.3) is 0 Å². The van der Waals surface area contributed by atoms with E-state index in [0.29, 0.717) is 5.75 Å². The maximum absolute atomic E-state index is 12.2. The Morgan fingerprint density at radius 1 is 1.27 bits per heavy atom. The van der Waals surface area contributed by atoms with Gasteiger partial charge in [-0.25, -0.2) is 4.79 Å². The van der Waals surface area contributed by atoms with Crippen molar-refractivity contribution in [2.75, 3.05) is 12.4 Å². The lowest BCUT2D eigenvalue weighted by atomic mass is 10.00. The fourth-order valence-corrected chi connectivity index (χ4v) is 2.55. The van der Waals surface area contributed by atoms with Crippen molar-refractivity contribution in [2.45, 2.75) is 39.1 Å². The molecule has 0 unspecified atom stereocenters. The van der Waals surface area contributed by atoms with Crippen LogP contribution in [-0.4, -0.2) is 40.3 Å². The standard InChI is InChI=1S/C16H22O5S/c1-4-20-15(18)16(3,19)13(14(17)22-5-2)21-11-12-9-7-6-8-10-12/h6-10,13,19H,4-5,11H2,1-3H3/t13-,16-/m0/s1. The molecule has 0 aliphatic rings. The molecule has 1 rings (SSSR count). The molecule has 1 aromatic rings. The first kappa shape index (κ1) is 18.7. The molecular formula is C16H22O5S. The minimum absolute atomic E-state index is 0.121. The molecule has 0 fully saturated rings. The van der Waals surface area contributed by atoms with Crippen molar-refractivity contribution in [3.8, 4) is 0 Å². The second kappa shape index (κ2) is 8.92. The Balaban J connectivity index is 2.87. The molecular weight excluding hydrogens is 304 g/mol. The summed E-state index contributed by atoms with van der Waals surface area (Å²) in [5.41, 5.74) is -1.18. The molecule has 122 valence electrons. The van der Waals surface area contributed by atoms with Crippen LogP contribution >= 0.6 is 11.8 Å². The molecule has 0 saturated heterocycles. The predicted octanol–water partition coefficient (Wildman–Crippen LogP) is 2.17. The van der Waals surface area contributed by atoms with E-state index in [1.54, 1.807) is 6.92 Å². The zero-order chi connectivity index (χ0) is 16.6. The summed E-state index contributed by atoms with van der Waals surface area (Å²) >= 11 is 1.01. The summed E-state index contributed by atoms with van der Waals surface area (Å²) in [5, 5.41) is 10.0. The highest BCUT2D eigenvalue weighted by Crippen LogP contribution is 2.23. The van der Waals surface area contributed by atoms with Crippen LogP contribution in [0.3, 0.4) is 0 Å². The zero-order valence-electron chi connectivity index (χ0n) is 13.1. The lowest BCUT2D eigenvalue weighted by Gasteiger charge is -2.29. The number of hydrogen-bond acceptors (Lipinski definition) is 6. The van der Waals surface area contributed by atoms with E-state index < -0.39 is 22.8 Å². The largest absolute Gasteiger partial charge is 0.464 e. The molecule has 6 heteroatoms. The molecule has 1 N–H and O–H groups in total. The topological polar surface area (TPSA) is 72.8 Å². The molecule has 0 amide bonds. The van der Waals surface area contributed by atoms with Gasteiger partial charge in [-0.15, -0.1) is 0 Å². The average molecular weight is 326 g/mol.